The van der Waals surface area contributed by atoms with Gasteiger partial charge in [0.15, 0.2) is 5.82 Å². The van der Waals surface area contributed by atoms with Crippen molar-refractivity contribution >= 4 is 52.5 Å². The average molecular weight is 597 g/mol. The zero-order valence-corrected chi connectivity index (χ0v) is 23.5. The number of methoxy groups -OCH3 is 1. The average Bonchev–Trinajstić information content (AvgIpc) is 3.33. The molecular formula is C27H26ClFN8O5. The fourth-order valence-corrected chi connectivity index (χ4v) is 4.33. The number of nitrogens with one attached hydrogen (secondary N) is 3. The van der Waals surface area contributed by atoms with Crippen molar-refractivity contribution in [2.75, 3.05) is 43.0 Å². The summed E-state index contributed by atoms with van der Waals surface area (Å²) >= 11 is 6.35. The first kappa shape index (κ1) is 28.4. The minimum absolute atomic E-state index is 0.0437. The van der Waals surface area contributed by atoms with Gasteiger partial charge in [0.2, 0.25) is 5.95 Å². The molecule has 3 N–H and O–H groups in total. The molecule has 0 fully saturated rings. The zero-order valence-electron chi connectivity index (χ0n) is 22.8. The lowest BCUT2D eigenvalue weighted by molar-refractivity contribution is 0.0626. The van der Waals surface area contributed by atoms with E-state index in [1.807, 2.05) is 0 Å². The number of aryl methyl sites for hydroxylation is 1. The van der Waals surface area contributed by atoms with Crippen molar-refractivity contribution < 1.29 is 28.3 Å². The van der Waals surface area contributed by atoms with Gasteiger partial charge in [-0.2, -0.15) is 15.1 Å². The summed E-state index contributed by atoms with van der Waals surface area (Å²) in [5.74, 6) is -0.551. The number of halogens is 2. The molecule has 15 heteroatoms. The summed E-state index contributed by atoms with van der Waals surface area (Å²) in [4.78, 5) is 38.2. The van der Waals surface area contributed by atoms with Gasteiger partial charge in [-0.25, -0.2) is 14.2 Å². The van der Waals surface area contributed by atoms with Gasteiger partial charge in [-0.15, -0.1) is 0 Å². The molecule has 1 amide bonds. The van der Waals surface area contributed by atoms with Crippen LogP contribution < -0.4 is 25.8 Å². The van der Waals surface area contributed by atoms with Gasteiger partial charge >= 0.3 is 6.16 Å². The van der Waals surface area contributed by atoms with E-state index in [1.54, 1.807) is 48.4 Å². The molecule has 42 heavy (non-hydrogen) atoms. The topological polar surface area (TPSA) is 145 Å². The quantitative estimate of drug-likeness (QED) is 0.253. The number of fused-ring (bicyclic) bond motifs is 1. The van der Waals surface area contributed by atoms with Gasteiger partial charge in [-0.3, -0.25) is 9.48 Å². The van der Waals surface area contributed by atoms with Crippen LogP contribution in [0.2, 0.25) is 5.02 Å². The molecule has 0 bridgehead atoms. The minimum atomic E-state index is -0.845. The van der Waals surface area contributed by atoms with Gasteiger partial charge in [-0.1, -0.05) is 11.6 Å². The number of carbonyl (C=O) groups excluding carboxylic acids is 2. The third-order valence-electron chi connectivity index (χ3n) is 6.19. The Morgan fingerprint density at radius 2 is 1.98 bits per heavy atom. The van der Waals surface area contributed by atoms with Gasteiger partial charge in [-0.05, 0) is 29.8 Å². The maximum atomic E-state index is 15.5. The molecule has 2 aromatic carbocycles. The van der Waals surface area contributed by atoms with E-state index in [1.165, 1.54) is 31.5 Å². The predicted molar refractivity (Wildman–Crippen MR) is 153 cm³/mol. The standard InChI is InChI=1S/C27H26ClFN8O5/c1-30-25(38)18-9-15(16-12-32-36(2)14-16)10-20(29)23(18)34-24-19(28)13-31-26(35-24)33-17-5-6-21-22(11-17)41-8-4-7-37(21)42-27(39)40-3/h5-6,9-14H,4,7-8H2,1-3H3,(H,30,38)(H2,31,33,34,35). The molecule has 5 rings (SSSR count). The first-order chi connectivity index (χ1) is 20.2. The molecule has 0 atom stereocenters. The van der Waals surface area contributed by atoms with Gasteiger partial charge in [0, 0.05) is 44.0 Å². The number of ether oxygens (including phenoxy) is 2. The van der Waals surface area contributed by atoms with E-state index in [4.69, 9.17) is 21.2 Å². The molecule has 0 aliphatic carbocycles. The highest BCUT2D eigenvalue weighted by molar-refractivity contribution is 6.33. The van der Waals surface area contributed by atoms with Gasteiger partial charge in [0.05, 0.1) is 43.9 Å². The smallest absolute Gasteiger partial charge is 0.491 e. The Morgan fingerprint density at radius 1 is 1.14 bits per heavy atom. The monoisotopic (exact) mass is 596 g/mol. The molecule has 0 unspecified atom stereocenters. The number of anilines is 5. The molecule has 0 saturated heterocycles. The number of benzene rings is 2. The zero-order chi connectivity index (χ0) is 29.8. The highest BCUT2D eigenvalue weighted by atomic mass is 35.5. The van der Waals surface area contributed by atoms with Crippen LogP contribution >= 0.6 is 11.6 Å². The fourth-order valence-electron chi connectivity index (χ4n) is 4.19. The van der Waals surface area contributed by atoms with Crippen molar-refractivity contribution in [1.82, 2.24) is 25.1 Å². The Kier molecular flexibility index (Phi) is 8.24. The SMILES string of the molecule is CNC(=O)c1cc(-c2cnn(C)c2)cc(F)c1Nc1nc(Nc2ccc3c(c2)OCCCN3OC(=O)OC)ncc1Cl. The fraction of sp³-hybridized carbons (Fsp3) is 0.222. The van der Waals surface area contributed by atoms with Gasteiger partial charge in [0.1, 0.15) is 22.3 Å². The summed E-state index contributed by atoms with van der Waals surface area (Å²) in [6.07, 6.45) is 4.40. The van der Waals surface area contributed by atoms with Gasteiger partial charge < -0.3 is 30.3 Å². The van der Waals surface area contributed by atoms with E-state index in [0.29, 0.717) is 47.8 Å². The molecular weight excluding hydrogens is 571 g/mol. The molecule has 1 aliphatic rings. The second-order valence-electron chi connectivity index (χ2n) is 9.03. The third-order valence-corrected chi connectivity index (χ3v) is 6.46. The highest BCUT2D eigenvalue weighted by Gasteiger charge is 2.22. The maximum absolute atomic E-state index is 15.5. The Balaban J connectivity index is 1.42. The van der Waals surface area contributed by atoms with Crippen LogP contribution in [0.5, 0.6) is 5.75 Å². The number of rotatable bonds is 7. The highest BCUT2D eigenvalue weighted by Crippen LogP contribution is 2.36. The predicted octanol–water partition coefficient (Wildman–Crippen LogP) is 4.80. The summed E-state index contributed by atoms with van der Waals surface area (Å²) in [6, 6.07) is 7.96. The van der Waals surface area contributed by atoms with Crippen molar-refractivity contribution in [2.45, 2.75) is 6.42 Å². The van der Waals surface area contributed by atoms with Crippen molar-refractivity contribution in [3.05, 3.63) is 65.3 Å². The number of hydrogen-bond acceptors (Lipinski definition) is 11. The van der Waals surface area contributed by atoms with Gasteiger partial charge in [0.25, 0.3) is 5.91 Å². The van der Waals surface area contributed by atoms with Crippen LogP contribution in [0.4, 0.5) is 38.0 Å². The number of nitrogens with zero attached hydrogens (tertiary/aromatic N) is 5. The Labute approximate surface area is 244 Å². The molecule has 2 aromatic heterocycles. The lowest BCUT2D eigenvalue weighted by Crippen LogP contribution is -2.27. The summed E-state index contributed by atoms with van der Waals surface area (Å²) in [7, 11) is 4.42. The van der Waals surface area contributed by atoms with E-state index in [0.717, 1.165) is 0 Å². The molecule has 4 aromatic rings. The molecule has 0 spiro atoms. The lowest BCUT2D eigenvalue weighted by Gasteiger charge is -2.21. The van der Waals surface area contributed by atoms with E-state index in [-0.39, 0.29) is 28.0 Å². The van der Waals surface area contributed by atoms with E-state index in [9.17, 15) is 9.59 Å². The first-order valence-corrected chi connectivity index (χ1v) is 13.0. The summed E-state index contributed by atoms with van der Waals surface area (Å²) < 4.78 is 27.5. The van der Waals surface area contributed by atoms with E-state index >= 15 is 4.39 Å². The summed E-state index contributed by atoms with van der Waals surface area (Å²) in [6.45, 7) is 0.823. The lowest BCUT2D eigenvalue weighted by atomic mass is 10.0. The molecule has 0 radical (unpaired) electrons. The Morgan fingerprint density at radius 3 is 2.71 bits per heavy atom. The third kappa shape index (κ3) is 6.12. The van der Waals surface area contributed by atoms with Crippen LogP contribution in [-0.4, -0.2) is 59.1 Å². The number of hydrogen-bond donors (Lipinski definition) is 3. The molecule has 3 heterocycles. The second kappa shape index (κ2) is 12.2. The molecule has 13 nitrogen and oxygen atoms in total. The van der Waals surface area contributed by atoms with Crippen molar-refractivity contribution in [2.24, 2.45) is 7.05 Å². The number of hydroxylamine groups is 1. The molecule has 1 aliphatic heterocycles. The Hall–Kier alpha value is -5.11. The minimum Gasteiger partial charge on any atom is -0.491 e. The Bertz CT molecular complexity index is 1650. The summed E-state index contributed by atoms with van der Waals surface area (Å²) in [5, 5.41) is 14.0. The van der Waals surface area contributed by atoms with Crippen molar-refractivity contribution in [1.29, 1.82) is 0 Å². The van der Waals surface area contributed by atoms with Crippen molar-refractivity contribution in [3.63, 3.8) is 0 Å². The van der Waals surface area contributed by atoms with Crippen LogP contribution in [0, 0.1) is 5.82 Å². The largest absolute Gasteiger partial charge is 0.533 e. The number of carbonyl (C=O) groups is 2. The van der Waals surface area contributed by atoms with E-state index in [2.05, 4.69) is 35.8 Å². The molecule has 0 saturated carbocycles. The maximum Gasteiger partial charge on any atom is 0.533 e. The summed E-state index contributed by atoms with van der Waals surface area (Å²) in [5.41, 5.74) is 2.14. The van der Waals surface area contributed by atoms with Crippen LogP contribution in [-0.2, 0) is 16.6 Å². The van der Waals surface area contributed by atoms with Crippen LogP contribution in [0.1, 0.15) is 16.8 Å². The van der Waals surface area contributed by atoms with Crippen molar-refractivity contribution in [3.8, 4) is 16.9 Å². The van der Waals surface area contributed by atoms with Crippen LogP contribution in [0.15, 0.2) is 48.9 Å². The molecule has 218 valence electrons. The van der Waals surface area contributed by atoms with Crippen LogP contribution in [0.3, 0.4) is 0 Å². The van der Waals surface area contributed by atoms with Crippen LogP contribution in [0.25, 0.3) is 11.1 Å². The number of aromatic nitrogens is 4. The number of amides is 1. The normalized spacial score (nSPS) is 12.5. The second-order valence-corrected chi connectivity index (χ2v) is 9.44. The van der Waals surface area contributed by atoms with E-state index < -0.39 is 17.9 Å². The first-order valence-electron chi connectivity index (χ1n) is 12.7.